The number of hydrazine groups is 1. The van der Waals surface area contributed by atoms with Gasteiger partial charge in [-0.25, -0.2) is 13.8 Å². The van der Waals surface area contributed by atoms with E-state index in [1.165, 1.54) is 9.91 Å². The number of likely N-dealkylation sites (N-methyl/N-ethyl adjacent to an activating group) is 1. The smallest absolute Gasteiger partial charge is 0.276 e. The Bertz CT molecular complexity index is 771. The molecule has 0 spiro atoms. The van der Waals surface area contributed by atoms with Crippen LogP contribution in [0.2, 0.25) is 0 Å². The van der Waals surface area contributed by atoms with Gasteiger partial charge in [-0.15, -0.1) is 12.3 Å². The molecule has 1 aliphatic carbocycles. The van der Waals surface area contributed by atoms with E-state index in [1.54, 1.807) is 11.9 Å². The van der Waals surface area contributed by atoms with Crippen molar-refractivity contribution in [3.05, 3.63) is 11.5 Å². The van der Waals surface area contributed by atoms with Gasteiger partial charge in [0.15, 0.2) is 11.5 Å². The number of halogens is 2. The second-order valence-corrected chi connectivity index (χ2v) is 8.29. The summed E-state index contributed by atoms with van der Waals surface area (Å²) in [6, 6.07) is 0. The van der Waals surface area contributed by atoms with Crippen LogP contribution in [0, 0.1) is 24.2 Å². The standard InChI is InChI=1S/C21H30F2N4O4/c1-3-5-8-26-12-25(4-2)21(31)17-19(29)18(28)15(11-27(17)26)20(30)24-10-13-6-7-14(22)9-16(13)23/h1,13-16,18,28-29H,4-12H2,2H3,(H,24,30)/t13?,14?,15?,16?,18-/m1/s1. The Hall–Kier alpha value is -2.38. The Labute approximate surface area is 180 Å². The molecule has 172 valence electrons. The van der Waals surface area contributed by atoms with Crippen LogP contribution in [0.3, 0.4) is 0 Å². The van der Waals surface area contributed by atoms with E-state index in [9.17, 15) is 28.6 Å². The molecule has 5 atom stereocenters. The van der Waals surface area contributed by atoms with Crippen LogP contribution in [0.25, 0.3) is 0 Å². The predicted molar refractivity (Wildman–Crippen MR) is 108 cm³/mol. The molecule has 1 saturated carbocycles. The van der Waals surface area contributed by atoms with Gasteiger partial charge in [0.05, 0.1) is 12.6 Å². The van der Waals surface area contributed by atoms with Crippen molar-refractivity contribution in [2.75, 3.05) is 32.8 Å². The number of fused-ring (bicyclic) bond motifs is 1. The largest absolute Gasteiger partial charge is 0.507 e. The summed E-state index contributed by atoms with van der Waals surface area (Å²) in [4.78, 5) is 27.1. The first-order valence-corrected chi connectivity index (χ1v) is 10.7. The number of aliphatic hydroxyl groups excluding tert-OH is 2. The number of rotatable bonds is 6. The molecule has 8 nitrogen and oxygen atoms in total. The highest BCUT2D eigenvalue weighted by Crippen LogP contribution is 2.32. The lowest BCUT2D eigenvalue weighted by Gasteiger charge is -2.49. The van der Waals surface area contributed by atoms with E-state index in [0.29, 0.717) is 25.9 Å². The molecule has 10 heteroatoms. The van der Waals surface area contributed by atoms with E-state index >= 15 is 0 Å². The lowest BCUT2D eigenvalue weighted by Crippen LogP contribution is -2.63. The van der Waals surface area contributed by atoms with Gasteiger partial charge in [0.2, 0.25) is 5.91 Å². The van der Waals surface area contributed by atoms with Gasteiger partial charge in [-0.1, -0.05) is 0 Å². The monoisotopic (exact) mass is 440 g/mol. The molecular weight excluding hydrogens is 410 g/mol. The van der Waals surface area contributed by atoms with E-state index in [1.807, 2.05) is 0 Å². The fourth-order valence-electron chi connectivity index (χ4n) is 4.38. The zero-order chi connectivity index (χ0) is 22.7. The van der Waals surface area contributed by atoms with Crippen molar-refractivity contribution in [1.82, 2.24) is 20.2 Å². The second kappa shape index (κ2) is 9.83. The Morgan fingerprint density at radius 2 is 2.10 bits per heavy atom. The minimum atomic E-state index is -1.57. The molecule has 3 rings (SSSR count). The molecule has 0 aromatic heterocycles. The number of nitrogens with zero attached hydrogens (tertiary/aromatic N) is 3. The first-order chi connectivity index (χ1) is 14.8. The number of carbonyl (C=O) groups is 2. The summed E-state index contributed by atoms with van der Waals surface area (Å²) in [7, 11) is 0. The van der Waals surface area contributed by atoms with Crippen LogP contribution in [0.4, 0.5) is 8.78 Å². The third-order valence-corrected chi connectivity index (χ3v) is 6.31. The summed E-state index contributed by atoms with van der Waals surface area (Å²) >= 11 is 0. The van der Waals surface area contributed by atoms with Gasteiger partial charge in [0.25, 0.3) is 5.91 Å². The van der Waals surface area contributed by atoms with Crippen LogP contribution >= 0.6 is 0 Å². The minimum Gasteiger partial charge on any atom is -0.507 e. The molecule has 2 fully saturated rings. The fourth-order valence-corrected chi connectivity index (χ4v) is 4.38. The summed E-state index contributed by atoms with van der Waals surface area (Å²) < 4.78 is 27.4. The number of hydrogen-bond donors (Lipinski definition) is 3. The molecule has 3 aliphatic rings. The first-order valence-electron chi connectivity index (χ1n) is 10.7. The number of hydrogen-bond acceptors (Lipinski definition) is 6. The van der Waals surface area contributed by atoms with Gasteiger partial charge in [-0.3, -0.25) is 14.6 Å². The quantitative estimate of drug-likeness (QED) is 0.527. The van der Waals surface area contributed by atoms with Gasteiger partial charge in [-0.05, 0) is 19.8 Å². The van der Waals surface area contributed by atoms with Gasteiger partial charge in [0, 0.05) is 44.9 Å². The highest BCUT2D eigenvalue weighted by atomic mass is 19.1. The van der Waals surface area contributed by atoms with Crippen molar-refractivity contribution in [2.45, 2.75) is 51.1 Å². The molecule has 0 aromatic carbocycles. The highest BCUT2D eigenvalue weighted by molar-refractivity contribution is 5.94. The van der Waals surface area contributed by atoms with Gasteiger partial charge < -0.3 is 20.4 Å². The summed E-state index contributed by atoms with van der Waals surface area (Å²) in [5.74, 6) is -0.579. The van der Waals surface area contributed by atoms with E-state index in [2.05, 4.69) is 11.2 Å². The topological polar surface area (TPSA) is 96.4 Å². The average Bonchev–Trinajstić information content (AvgIpc) is 2.74. The van der Waals surface area contributed by atoms with E-state index in [0.717, 1.165) is 0 Å². The van der Waals surface area contributed by atoms with Crippen LogP contribution in [0.5, 0.6) is 0 Å². The Morgan fingerprint density at radius 1 is 1.35 bits per heavy atom. The summed E-state index contributed by atoms with van der Waals surface area (Å²) in [6.07, 6.45) is 2.12. The maximum absolute atomic E-state index is 14.1. The molecule has 2 amide bonds. The third-order valence-electron chi connectivity index (χ3n) is 6.31. The molecule has 2 aliphatic heterocycles. The van der Waals surface area contributed by atoms with Crippen LogP contribution in [0.15, 0.2) is 11.5 Å². The van der Waals surface area contributed by atoms with E-state index < -0.39 is 47.9 Å². The normalized spacial score (nSPS) is 32.0. The van der Waals surface area contributed by atoms with Crippen molar-refractivity contribution >= 4 is 11.8 Å². The predicted octanol–water partition coefficient (Wildman–Crippen LogP) is 0.701. The second-order valence-electron chi connectivity index (χ2n) is 8.29. The molecule has 31 heavy (non-hydrogen) atoms. The fraction of sp³-hybridized carbons (Fsp3) is 0.714. The number of nitrogens with one attached hydrogen (secondary N) is 1. The molecule has 3 N–H and O–H groups in total. The van der Waals surface area contributed by atoms with Crippen molar-refractivity contribution in [1.29, 1.82) is 0 Å². The minimum absolute atomic E-state index is 0.0244. The molecule has 4 unspecified atom stereocenters. The molecular formula is C21H30F2N4O4. The Kier molecular flexibility index (Phi) is 7.38. The molecule has 0 aromatic rings. The zero-order valence-electron chi connectivity index (χ0n) is 17.6. The number of aliphatic hydroxyl groups is 2. The van der Waals surface area contributed by atoms with Crippen LogP contribution in [-0.2, 0) is 9.59 Å². The Balaban J connectivity index is 1.74. The number of carbonyl (C=O) groups excluding carboxylic acids is 2. The van der Waals surface area contributed by atoms with Gasteiger partial charge >= 0.3 is 0 Å². The maximum atomic E-state index is 14.1. The maximum Gasteiger partial charge on any atom is 0.276 e. The lowest BCUT2D eigenvalue weighted by molar-refractivity contribution is -0.160. The van der Waals surface area contributed by atoms with Gasteiger partial charge in [0.1, 0.15) is 18.4 Å². The molecule has 1 saturated heterocycles. The first kappa shape index (κ1) is 23.3. The van der Waals surface area contributed by atoms with Crippen LogP contribution in [0.1, 0.15) is 32.6 Å². The van der Waals surface area contributed by atoms with Crippen molar-refractivity contribution in [2.24, 2.45) is 11.8 Å². The average molecular weight is 440 g/mol. The van der Waals surface area contributed by atoms with Crippen molar-refractivity contribution in [3.63, 3.8) is 0 Å². The number of alkyl halides is 2. The highest BCUT2D eigenvalue weighted by Gasteiger charge is 2.46. The number of amides is 2. The van der Waals surface area contributed by atoms with Crippen molar-refractivity contribution < 1.29 is 28.6 Å². The summed E-state index contributed by atoms with van der Waals surface area (Å²) in [6.45, 7) is 2.84. The summed E-state index contributed by atoms with van der Waals surface area (Å²) in [5.41, 5.74) is -0.0632. The molecule has 0 radical (unpaired) electrons. The Morgan fingerprint density at radius 3 is 2.74 bits per heavy atom. The summed E-state index contributed by atoms with van der Waals surface area (Å²) in [5, 5.41) is 27.1. The van der Waals surface area contributed by atoms with Crippen LogP contribution < -0.4 is 5.32 Å². The SMILES string of the molecule is C#CCCN1CN(CC)C(=O)C2=C(O)[C@H](O)C(C(=O)NCC3CCC(F)CC3F)CN21. The zero-order valence-corrected chi connectivity index (χ0v) is 17.6. The number of terminal acetylenes is 1. The van der Waals surface area contributed by atoms with Crippen LogP contribution in [-0.4, -0.2) is 88.2 Å². The lowest BCUT2D eigenvalue weighted by atomic mass is 9.86. The van der Waals surface area contributed by atoms with E-state index in [4.69, 9.17) is 6.42 Å². The molecule has 2 heterocycles. The molecule has 0 bridgehead atoms. The van der Waals surface area contributed by atoms with Crippen molar-refractivity contribution in [3.8, 4) is 12.3 Å². The third kappa shape index (κ3) is 4.77. The van der Waals surface area contributed by atoms with Gasteiger partial charge in [-0.2, -0.15) is 0 Å². The van der Waals surface area contributed by atoms with E-state index in [-0.39, 0.29) is 38.3 Å².